The Balaban J connectivity index is 2.01. The number of aromatic nitrogens is 1. The van der Waals surface area contributed by atoms with Gasteiger partial charge in [0.05, 0.1) is 12.2 Å². The van der Waals surface area contributed by atoms with Crippen LogP contribution in [0.3, 0.4) is 0 Å². The zero-order valence-corrected chi connectivity index (χ0v) is 11.7. The first-order valence-corrected chi connectivity index (χ1v) is 6.32. The molecule has 1 N–H and O–H groups in total. The fraction of sp³-hybridized carbons (Fsp3) is 0.231. The normalized spacial score (nSPS) is 10.4. The number of benzene rings is 1. The molecule has 94 valence electrons. The van der Waals surface area contributed by atoms with Crippen LogP contribution in [0.25, 0.3) is 0 Å². The highest BCUT2D eigenvalue weighted by Crippen LogP contribution is 2.17. The SMILES string of the molecule is Cc1cc(CNC(=O)c2ccc(C)c(Br)c2)on1. The number of aryl methyl sites for hydroxylation is 2. The molecule has 0 unspecified atom stereocenters. The highest BCUT2D eigenvalue weighted by molar-refractivity contribution is 9.10. The Morgan fingerprint density at radius 1 is 1.39 bits per heavy atom. The molecule has 5 heteroatoms. The second-order valence-electron chi connectivity index (χ2n) is 4.08. The molecule has 2 rings (SSSR count). The summed E-state index contributed by atoms with van der Waals surface area (Å²) in [7, 11) is 0. The molecule has 18 heavy (non-hydrogen) atoms. The second-order valence-corrected chi connectivity index (χ2v) is 4.94. The van der Waals surface area contributed by atoms with Gasteiger partial charge < -0.3 is 9.84 Å². The van der Waals surface area contributed by atoms with Gasteiger partial charge in [0.15, 0.2) is 5.76 Å². The number of carbonyl (C=O) groups excluding carboxylic acids is 1. The van der Waals surface area contributed by atoms with Crippen LogP contribution in [0.5, 0.6) is 0 Å². The molecular formula is C13H13BrN2O2. The standard InChI is InChI=1S/C13H13BrN2O2/c1-8-3-4-10(6-12(8)14)13(17)15-7-11-5-9(2)16-18-11/h3-6H,7H2,1-2H3,(H,15,17). The van der Waals surface area contributed by atoms with E-state index in [-0.39, 0.29) is 5.91 Å². The Morgan fingerprint density at radius 3 is 2.78 bits per heavy atom. The van der Waals surface area contributed by atoms with Crippen molar-refractivity contribution in [3.63, 3.8) is 0 Å². The number of hydrogen-bond acceptors (Lipinski definition) is 3. The van der Waals surface area contributed by atoms with E-state index in [0.29, 0.717) is 17.9 Å². The minimum atomic E-state index is -0.134. The van der Waals surface area contributed by atoms with Gasteiger partial charge in [-0.2, -0.15) is 0 Å². The summed E-state index contributed by atoms with van der Waals surface area (Å²) in [5, 5.41) is 6.54. The number of carbonyl (C=O) groups is 1. The van der Waals surface area contributed by atoms with E-state index in [0.717, 1.165) is 15.7 Å². The third kappa shape index (κ3) is 2.98. The lowest BCUT2D eigenvalue weighted by Gasteiger charge is -2.04. The molecule has 0 fully saturated rings. The zero-order valence-electron chi connectivity index (χ0n) is 10.2. The van der Waals surface area contributed by atoms with Gasteiger partial charge in [-0.25, -0.2) is 0 Å². The fourth-order valence-corrected chi connectivity index (χ4v) is 1.88. The quantitative estimate of drug-likeness (QED) is 0.948. The van der Waals surface area contributed by atoms with Crippen LogP contribution in [0.1, 0.15) is 27.4 Å². The number of hydrogen-bond donors (Lipinski definition) is 1. The molecule has 0 saturated heterocycles. The maximum atomic E-state index is 11.9. The smallest absolute Gasteiger partial charge is 0.251 e. The van der Waals surface area contributed by atoms with E-state index >= 15 is 0 Å². The summed E-state index contributed by atoms with van der Waals surface area (Å²) in [5.41, 5.74) is 2.51. The highest BCUT2D eigenvalue weighted by atomic mass is 79.9. The number of rotatable bonds is 3. The van der Waals surface area contributed by atoms with Crippen molar-refractivity contribution in [3.8, 4) is 0 Å². The molecule has 0 bridgehead atoms. The van der Waals surface area contributed by atoms with Gasteiger partial charge in [0.25, 0.3) is 5.91 Å². The number of nitrogens with one attached hydrogen (secondary N) is 1. The number of halogens is 1. The molecule has 0 spiro atoms. The summed E-state index contributed by atoms with van der Waals surface area (Å²) in [5.74, 6) is 0.511. The second kappa shape index (κ2) is 5.35. The van der Waals surface area contributed by atoms with Crippen LogP contribution in [0, 0.1) is 13.8 Å². The molecule has 4 nitrogen and oxygen atoms in total. The van der Waals surface area contributed by atoms with Gasteiger partial charge in [-0.05, 0) is 31.5 Å². The van der Waals surface area contributed by atoms with Crippen molar-refractivity contribution in [2.24, 2.45) is 0 Å². The summed E-state index contributed by atoms with van der Waals surface area (Å²) in [6, 6.07) is 7.29. The summed E-state index contributed by atoms with van der Waals surface area (Å²) in [6.07, 6.45) is 0. The highest BCUT2D eigenvalue weighted by Gasteiger charge is 2.08. The van der Waals surface area contributed by atoms with Crippen molar-refractivity contribution in [2.45, 2.75) is 20.4 Å². The van der Waals surface area contributed by atoms with E-state index < -0.39 is 0 Å². The van der Waals surface area contributed by atoms with Gasteiger partial charge in [0.1, 0.15) is 0 Å². The first-order chi connectivity index (χ1) is 8.56. The Morgan fingerprint density at radius 2 is 2.17 bits per heavy atom. The molecule has 1 amide bonds. The topological polar surface area (TPSA) is 55.1 Å². The summed E-state index contributed by atoms with van der Waals surface area (Å²) < 4.78 is 5.94. The van der Waals surface area contributed by atoms with Crippen molar-refractivity contribution < 1.29 is 9.32 Å². The van der Waals surface area contributed by atoms with Crippen molar-refractivity contribution in [2.75, 3.05) is 0 Å². The molecule has 0 aliphatic heterocycles. The summed E-state index contributed by atoms with van der Waals surface area (Å²) >= 11 is 3.41. The molecule has 0 saturated carbocycles. The van der Waals surface area contributed by atoms with E-state index in [9.17, 15) is 4.79 Å². The van der Waals surface area contributed by atoms with Crippen molar-refractivity contribution in [1.29, 1.82) is 0 Å². The minimum Gasteiger partial charge on any atom is -0.359 e. The van der Waals surface area contributed by atoms with Crippen LogP contribution in [0.15, 0.2) is 33.3 Å². The third-order valence-corrected chi connectivity index (χ3v) is 3.39. The zero-order chi connectivity index (χ0) is 13.1. The Kier molecular flexibility index (Phi) is 3.81. The van der Waals surface area contributed by atoms with Gasteiger partial charge in [0, 0.05) is 16.1 Å². The predicted octanol–water partition coefficient (Wildman–Crippen LogP) is 2.98. The summed E-state index contributed by atoms with van der Waals surface area (Å²) in [6.45, 7) is 4.15. The van der Waals surface area contributed by atoms with E-state index in [4.69, 9.17) is 4.52 Å². The number of amides is 1. The molecule has 2 aromatic rings. The first-order valence-electron chi connectivity index (χ1n) is 5.53. The maximum absolute atomic E-state index is 11.9. The lowest BCUT2D eigenvalue weighted by atomic mass is 10.1. The van der Waals surface area contributed by atoms with Crippen LogP contribution in [-0.4, -0.2) is 11.1 Å². The molecule has 0 aliphatic rings. The van der Waals surface area contributed by atoms with E-state index in [1.54, 1.807) is 18.2 Å². The molecule has 1 aromatic heterocycles. The average molecular weight is 309 g/mol. The average Bonchev–Trinajstić information content (AvgIpc) is 2.75. The molecule has 1 heterocycles. The minimum absolute atomic E-state index is 0.134. The van der Waals surface area contributed by atoms with Crippen molar-refractivity contribution in [1.82, 2.24) is 10.5 Å². The fourth-order valence-electron chi connectivity index (χ4n) is 1.50. The Hall–Kier alpha value is -1.62. The lowest BCUT2D eigenvalue weighted by Crippen LogP contribution is -2.22. The van der Waals surface area contributed by atoms with Gasteiger partial charge in [0.2, 0.25) is 0 Å². The largest absolute Gasteiger partial charge is 0.359 e. The monoisotopic (exact) mass is 308 g/mol. The molecular weight excluding hydrogens is 296 g/mol. The van der Waals surface area contributed by atoms with Crippen molar-refractivity contribution >= 4 is 21.8 Å². The molecule has 0 atom stereocenters. The van der Waals surface area contributed by atoms with Crippen molar-refractivity contribution in [3.05, 3.63) is 51.3 Å². The molecule has 1 aromatic carbocycles. The van der Waals surface area contributed by atoms with Crippen LogP contribution in [-0.2, 0) is 6.54 Å². The van der Waals surface area contributed by atoms with Crippen LogP contribution in [0.2, 0.25) is 0 Å². The van der Waals surface area contributed by atoms with Gasteiger partial charge in [-0.1, -0.05) is 27.2 Å². The van der Waals surface area contributed by atoms with E-state index in [2.05, 4.69) is 26.4 Å². The molecule has 0 radical (unpaired) electrons. The third-order valence-electron chi connectivity index (χ3n) is 2.53. The van der Waals surface area contributed by atoms with Gasteiger partial charge in [-0.15, -0.1) is 0 Å². The van der Waals surface area contributed by atoms with Crippen LogP contribution in [0.4, 0.5) is 0 Å². The molecule has 0 aliphatic carbocycles. The van der Waals surface area contributed by atoms with E-state index in [1.807, 2.05) is 19.9 Å². The predicted molar refractivity (Wildman–Crippen MR) is 71.3 cm³/mol. The van der Waals surface area contributed by atoms with Gasteiger partial charge in [-0.3, -0.25) is 4.79 Å². The van der Waals surface area contributed by atoms with Crippen LogP contribution < -0.4 is 5.32 Å². The summed E-state index contributed by atoms with van der Waals surface area (Å²) in [4.78, 5) is 11.9. The van der Waals surface area contributed by atoms with E-state index in [1.165, 1.54) is 0 Å². The van der Waals surface area contributed by atoms with Gasteiger partial charge >= 0.3 is 0 Å². The van der Waals surface area contributed by atoms with Crippen LogP contribution >= 0.6 is 15.9 Å². The lowest BCUT2D eigenvalue weighted by molar-refractivity contribution is 0.0947. The number of nitrogens with zero attached hydrogens (tertiary/aromatic N) is 1. The maximum Gasteiger partial charge on any atom is 0.251 e. The Bertz CT molecular complexity index is 578. The first kappa shape index (κ1) is 12.8. The Labute approximate surface area is 113 Å².